The molecule has 1 amide bonds. The molecule has 1 aromatic rings. The van der Waals surface area contributed by atoms with Crippen LogP contribution in [0.3, 0.4) is 0 Å². The molecule has 0 spiro atoms. The van der Waals surface area contributed by atoms with E-state index in [9.17, 15) is 4.79 Å². The fraction of sp³-hybridized carbons (Fsp3) is 0.333. The lowest BCUT2D eigenvalue weighted by Gasteiger charge is -2.23. The number of aliphatic imine (C=N–C) groups is 1. The predicted molar refractivity (Wildman–Crippen MR) is 62.7 cm³/mol. The minimum Gasteiger partial charge on any atom is -0.493 e. The smallest absolute Gasteiger partial charge is 0.299 e. The van der Waals surface area contributed by atoms with Crippen molar-refractivity contribution in [3.8, 4) is 5.75 Å². The Bertz CT molecular complexity index is 484. The number of amidine groups is 1. The van der Waals surface area contributed by atoms with E-state index < -0.39 is 11.5 Å². The van der Waals surface area contributed by atoms with E-state index in [1.165, 1.54) is 0 Å². The Morgan fingerprint density at radius 1 is 1.47 bits per heavy atom. The molecule has 5 nitrogen and oxygen atoms in total. The molecule has 0 aromatic heterocycles. The zero-order chi connectivity index (χ0) is 12.5. The first-order chi connectivity index (χ1) is 8.08. The third-order valence-electron chi connectivity index (χ3n) is 2.63. The second kappa shape index (κ2) is 4.08. The molecular weight excluding hydrogens is 220 g/mol. The zero-order valence-corrected chi connectivity index (χ0v) is 9.77. The van der Waals surface area contributed by atoms with Crippen molar-refractivity contribution in [1.29, 1.82) is 0 Å². The summed E-state index contributed by atoms with van der Waals surface area (Å²) in [6.45, 7) is 4.02. The van der Waals surface area contributed by atoms with E-state index in [-0.39, 0.29) is 6.02 Å². The van der Waals surface area contributed by atoms with Crippen LogP contribution in [0.4, 0.5) is 0 Å². The van der Waals surface area contributed by atoms with Crippen LogP contribution in [0.2, 0.25) is 0 Å². The maximum absolute atomic E-state index is 11.8. The molecule has 0 saturated carbocycles. The van der Waals surface area contributed by atoms with E-state index in [4.69, 9.17) is 15.2 Å². The molecule has 0 fully saturated rings. The summed E-state index contributed by atoms with van der Waals surface area (Å²) in [5, 5.41) is 0. The summed E-state index contributed by atoms with van der Waals surface area (Å²) in [4.78, 5) is 15.4. The summed E-state index contributed by atoms with van der Waals surface area (Å²) in [7, 11) is 0. The van der Waals surface area contributed by atoms with E-state index in [0.29, 0.717) is 17.9 Å². The van der Waals surface area contributed by atoms with Gasteiger partial charge in [0.05, 0.1) is 6.61 Å². The first-order valence-electron chi connectivity index (χ1n) is 5.38. The summed E-state index contributed by atoms with van der Waals surface area (Å²) in [5.74, 6) is 0.193. The van der Waals surface area contributed by atoms with Crippen molar-refractivity contribution in [2.24, 2.45) is 10.7 Å². The Hall–Kier alpha value is -2.04. The van der Waals surface area contributed by atoms with Crippen LogP contribution in [0.15, 0.2) is 29.3 Å². The number of rotatable bonds is 3. The second-order valence-electron chi connectivity index (χ2n) is 3.82. The molecule has 0 radical (unpaired) electrons. The van der Waals surface area contributed by atoms with Crippen molar-refractivity contribution in [2.45, 2.75) is 19.4 Å². The van der Waals surface area contributed by atoms with Crippen LogP contribution in [-0.2, 0) is 15.1 Å². The van der Waals surface area contributed by atoms with Crippen LogP contribution in [-0.4, -0.2) is 18.5 Å². The molecule has 1 aromatic carbocycles. The van der Waals surface area contributed by atoms with Gasteiger partial charge >= 0.3 is 0 Å². The molecule has 1 atom stereocenters. The average Bonchev–Trinajstić information content (AvgIpc) is 2.55. The van der Waals surface area contributed by atoms with Crippen LogP contribution in [0.25, 0.3) is 0 Å². The van der Waals surface area contributed by atoms with E-state index in [2.05, 4.69) is 4.99 Å². The zero-order valence-electron chi connectivity index (χ0n) is 9.77. The summed E-state index contributed by atoms with van der Waals surface area (Å²) < 4.78 is 10.8. The Labute approximate surface area is 99.2 Å². The molecule has 2 N–H and O–H groups in total. The minimum absolute atomic E-state index is 0.108. The molecule has 1 aliphatic heterocycles. The SMILES string of the molecule is CCOc1ccccc1C1(C)OC(N)=NC1=O. The Kier molecular flexibility index (Phi) is 2.75. The number of nitrogens with zero attached hydrogens (tertiary/aromatic N) is 1. The van der Waals surface area contributed by atoms with Gasteiger partial charge in [0.15, 0.2) is 0 Å². The third kappa shape index (κ3) is 1.84. The van der Waals surface area contributed by atoms with Gasteiger partial charge < -0.3 is 15.2 Å². The standard InChI is InChI=1S/C12H14N2O3/c1-3-16-9-7-5-4-6-8(9)12(2)10(15)14-11(13)17-12/h4-7H,3H2,1-2H3,(H2,13,14,15). The van der Waals surface area contributed by atoms with Crippen molar-refractivity contribution in [3.05, 3.63) is 29.8 Å². The summed E-state index contributed by atoms with van der Waals surface area (Å²) in [5.41, 5.74) is 4.88. The Balaban J connectivity index is 2.44. The predicted octanol–water partition coefficient (Wildman–Crippen LogP) is 1.17. The maximum Gasteiger partial charge on any atom is 0.299 e. The fourth-order valence-electron chi connectivity index (χ4n) is 1.79. The van der Waals surface area contributed by atoms with E-state index in [1.54, 1.807) is 19.1 Å². The third-order valence-corrected chi connectivity index (χ3v) is 2.63. The number of para-hydroxylation sites is 1. The van der Waals surface area contributed by atoms with Crippen LogP contribution in [0, 0.1) is 0 Å². The number of carbonyl (C=O) groups excluding carboxylic acids is 1. The molecule has 0 bridgehead atoms. The number of nitrogens with two attached hydrogens (primary N) is 1. The molecule has 1 aliphatic rings. The number of carbonyl (C=O) groups is 1. The second-order valence-corrected chi connectivity index (χ2v) is 3.82. The van der Waals surface area contributed by atoms with Crippen molar-refractivity contribution in [1.82, 2.24) is 0 Å². The number of ether oxygens (including phenoxy) is 2. The topological polar surface area (TPSA) is 73.9 Å². The molecule has 1 heterocycles. The molecule has 17 heavy (non-hydrogen) atoms. The first-order valence-corrected chi connectivity index (χ1v) is 5.38. The summed E-state index contributed by atoms with van der Waals surface area (Å²) >= 11 is 0. The average molecular weight is 234 g/mol. The number of amides is 1. The van der Waals surface area contributed by atoms with Crippen molar-refractivity contribution < 1.29 is 14.3 Å². The van der Waals surface area contributed by atoms with Crippen LogP contribution >= 0.6 is 0 Å². The van der Waals surface area contributed by atoms with Gasteiger partial charge in [-0.15, -0.1) is 0 Å². The largest absolute Gasteiger partial charge is 0.493 e. The molecular formula is C12H14N2O3. The van der Waals surface area contributed by atoms with Crippen LogP contribution in [0.5, 0.6) is 5.75 Å². The molecule has 1 unspecified atom stereocenters. The highest BCUT2D eigenvalue weighted by atomic mass is 16.5. The van der Waals surface area contributed by atoms with Gasteiger partial charge in [-0.2, -0.15) is 4.99 Å². The normalized spacial score (nSPS) is 23.2. The van der Waals surface area contributed by atoms with Gasteiger partial charge in [-0.1, -0.05) is 18.2 Å². The minimum atomic E-state index is -1.18. The van der Waals surface area contributed by atoms with Gasteiger partial charge in [0.2, 0.25) is 5.60 Å². The highest BCUT2D eigenvalue weighted by Gasteiger charge is 2.45. The van der Waals surface area contributed by atoms with Gasteiger partial charge in [-0.05, 0) is 19.9 Å². The van der Waals surface area contributed by atoms with Gasteiger partial charge in [0.1, 0.15) is 5.75 Å². The molecule has 5 heteroatoms. The lowest BCUT2D eigenvalue weighted by atomic mass is 9.94. The number of hydrogen-bond acceptors (Lipinski definition) is 4. The summed E-state index contributed by atoms with van der Waals surface area (Å²) in [6.07, 6.45) is 0. The quantitative estimate of drug-likeness (QED) is 0.852. The van der Waals surface area contributed by atoms with Crippen molar-refractivity contribution in [3.63, 3.8) is 0 Å². The van der Waals surface area contributed by atoms with E-state index in [0.717, 1.165) is 0 Å². The Morgan fingerprint density at radius 3 is 2.76 bits per heavy atom. The molecule has 0 saturated heterocycles. The van der Waals surface area contributed by atoms with Crippen LogP contribution < -0.4 is 10.5 Å². The first kappa shape index (κ1) is 11.4. The lowest BCUT2D eigenvalue weighted by molar-refractivity contribution is -0.130. The molecule has 0 aliphatic carbocycles. The molecule has 2 rings (SSSR count). The molecule has 90 valence electrons. The highest BCUT2D eigenvalue weighted by Crippen LogP contribution is 2.36. The van der Waals surface area contributed by atoms with Gasteiger partial charge in [0.25, 0.3) is 11.9 Å². The van der Waals surface area contributed by atoms with Crippen molar-refractivity contribution in [2.75, 3.05) is 6.61 Å². The van der Waals surface area contributed by atoms with Gasteiger partial charge in [-0.25, -0.2) is 0 Å². The van der Waals surface area contributed by atoms with E-state index >= 15 is 0 Å². The maximum atomic E-state index is 11.8. The van der Waals surface area contributed by atoms with Crippen molar-refractivity contribution >= 4 is 11.9 Å². The van der Waals surface area contributed by atoms with Crippen LogP contribution in [0.1, 0.15) is 19.4 Å². The Morgan fingerprint density at radius 2 is 2.18 bits per heavy atom. The lowest BCUT2D eigenvalue weighted by Crippen LogP contribution is -2.32. The monoisotopic (exact) mass is 234 g/mol. The van der Waals surface area contributed by atoms with Gasteiger partial charge in [0, 0.05) is 5.56 Å². The van der Waals surface area contributed by atoms with Gasteiger partial charge in [-0.3, -0.25) is 4.79 Å². The number of hydrogen-bond donors (Lipinski definition) is 1. The number of benzene rings is 1. The fourth-order valence-corrected chi connectivity index (χ4v) is 1.79. The summed E-state index contributed by atoms with van der Waals surface area (Å²) in [6, 6.07) is 7.10. The van der Waals surface area contributed by atoms with E-state index in [1.807, 2.05) is 19.1 Å². The highest BCUT2D eigenvalue weighted by molar-refractivity contribution is 6.01.